The van der Waals surface area contributed by atoms with Gasteiger partial charge >= 0.3 is 0 Å². The normalized spacial score (nSPS) is 20.0. The summed E-state index contributed by atoms with van der Waals surface area (Å²) >= 11 is 0. The van der Waals surface area contributed by atoms with Gasteiger partial charge in [0.05, 0.1) is 0 Å². The van der Waals surface area contributed by atoms with Gasteiger partial charge in [0.15, 0.2) is 0 Å². The predicted molar refractivity (Wildman–Crippen MR) is 89.5 cm³/mol. The van der Waals surface area contributed by atoms with E-state index in [0.29, 0.717) is 11.7 Å². The van der Waals surface area contributed by atoms with Crippen molar-refractivity contribution in [1.82, 2.24) is 0 Å². The summed E-state index contributed by atoms with van der Waals surface area (Å²) in [5, 5.41) is 0. The van der Waals surface area contributed by atoms with E-state index >= 15 is 0 Å². The van der Waals surface area contributed by atoms with E-state index < -0.39 is 18.7 Å². The lowest BCUT2D eigenvalue weighted by Gasteiger charge is -2.45. The van der Waals surface area contributed by atoms with Gasteiger partial charge in [0.2, 0.25) is 11.9 Å². The van der Waals surface area contributed by atoms with Gasteiger partial charge in [0.1, 0.15) is 18.0 Å². The number of aliphatic imine (C=N–C) groups is 2. The van der Waals surface area contributed by atoms with Crippen molar-refractivity contribution in [2.45, 2.75) is 44.2 Å². The summed E-state index contributed by atoms with van der Waals surface area (Å²) in [6.45, 7) is -0.628. The number of hydrogen-bond donors (Lipinski definition) is 2. The van der Waals surface area contributed by atoms with Gasteiger partial charge in [-0.25, -0.2) is 13.8 Å². The van der Waals surface area contributed by atoms with Crippen LogP contribution in [0.4, 0.5) is 14.5 Å². The van der Waals surface area contributed by atoms with Gasteiger partial charge in [0.25, 0.3) is 6.43 Å². The molecule has 0 saturated heterocycles. The van der Waals surface area contributed by atoms with Crippen molar-refractivity contribution in [2.75, 3.05) is 11.5 Å². The fourth-order valence-corrected chi connectivity index (χ4v) is 3.35. The number of benzene rings is 1. The maximum Gasteiger partial charge on any atom is 0.272 e. The molecule has 4 N–H and O–H groups in total. The lowest BCUT2D eigenvalue weighted by molar-refractivity contribution is 0.0819. The summed E-state index contributed by atoms with van der Waals surface area (Å²) < 4.78 is 29.5. The van der Waals surface area contributed by atoms with Crippen LogP contribution >= 0.6 is 0 Å². The smallest absolute Gasteiger partial charge is 0.272 e. The van der Waals surface area contributed by atoms with Crippen LogP contribution in [-0.2, 0) is 0 Å². The lowest BCUT2D eigenvalue weighted by Crippen LogP contribution is -2.58. The third-order valence-corrected chi connectivity index (χ3v) is 4.32. The SMILES string of the molecule is NC1=NC2(CCCCC2)N(c2ccc(OCC(F)F)cc2)C(N)=N1. The zero-order valence-electron chi connectivity index (χ0n) is 13.3. The molecule has 3 rings (SSSR count). The third-order valence-electron chi connectivity index (χ3n) is 4.32. The van der Waals surface area contributed by atoms with E-state index in [2.05, 4.69) is 9.98 Å². The van der Waals surface area contributed by atoms with E-state index in [4.69, 9.17) is 16.2 Å². The van der Waals surface area contributed by atoms with Gasteiger partial charge in [-0.3, -0.25) is 4.90 Å². The first-order valence-electron chi connectivity index (χ1n) is 8.01. The van der Waals surface area contributed by atoms with E-state index in [1.54, 1.807) is 24.3 Å². The van der Waals surface area contributed by atoms with E-state index in [-0.39, 0.29) is 5.96 Å². The Kier molecular flexibility index (Phi) is 4.55. The van der Waals surface area contributed by atoms with Crippen molar-refractivity contribution < 1.29 is 13.5 Å². The Morgan fingerprint density at radius 1 is 1.12 bits per heavy atom. The number of halogens is 2. The minimum Gasteiger partial charge on any atom is -0.488 e. The molecule has 0 bridgehead atoms. The highest BCUT2D eigenvalue weighted by atomic mass is 19.3. The Labute approximate surface area is 139 Å². The maximum atomic E-state index is 12.2. The molecule has 24 heavy (non-hydrogen) atoms. The Morgan fingerprint density at radius 2 is 1.79 bits per heavy atom. The largest absolute Gasteiger partial charge is 0.488 e. The van der Waals surface area contributed by atoms with Crippen molar-refractivity contribution in [3.8, 4) is 5.75 Å². The molecule has 1 aliphatic heterocycles. The minimum absolute atomic E-state index is 0.197. The average Bonchev–Trinajstić information content (AvgIpc) is 2.54. The van der Waals surface area contributed by atoms with E-state index in [0.717, 1.165) is 37.8 Å². The van der Waals surface area contributed by atoms with Crippen LogP contribution in [0.3, 0.4) is 0 Å². The monoisotopic (exact) mass is 337 g/mol. The standard InChI is InChI=1S/C16H21F2N5O/c17-13(18)10-24-12-6-4-11(5-7-12)23-15(20)21-14(19)22-16(23)8-2-1-3-9-16/h4-7,13H,1-3,8-10H2,(H4,19,20,21,22). The van der Waals surface area contributed by atoms with Crippen molar-refractivity contribution in [1.29, 1.82) is 0 Å². The van der Waals surface area contributed by atoms with Crippen molar-refractivity contribution in [3.05, 3.63) is 24.3 Å². The van der Waals surface area contributed by atoms with Gasteiger partial charge < -0.3 is 16.2 Å². The third kappa shape index (κ3) is 3.27. The molecule has 0 amide bonds. The molecule has 0 atom stereocenters. The zero-order chi connectivity index (χ0) is 17.2. The lowest BCUT2D eigenvalue weighted by atomic mass is 9.87. The Hall–Kier alpha value is -2.38. The van der Waals surface area contributed by atoms with Crippen LogP contribution in [0.25, 0.3) is 0 Å². The van der Waals surface area contributed by atoms with Crippen LogP contribution in [0, 0.1) is 0 Å². The second-order valence-electron chi connectivity index (χ2n) is 6.01. The quantitative estimate of drug-likeness (QED) is 0.883. The molecular formula is C16H21F2N5O. The number of anilines is 1. The molecule has 1 aliphatic carbocycles. The number of nitrogens with zero attached hydrogens (tertiary/aromatic N) is 3. The van der Waals surface area contributed by atoms with Crippen LogP contribution in [0.15, 0.2) is 34.3 Å². The van der Waals surface area contributed by atoms with Crippen LogP contribution < -0.4 is 21.1 Å². The molecule has 1 spiro atoms. The Balaban J connectivity index is 1.87. The number of rotatable bonds is 4. The summed E-state index contributed by atoms with van der Waals surface area (Å²) in [5.74, 6) is 0.875. The zero-order valence-corrected chi connectivity index (χ0v) is 13.3. The van der Waals surface area contributed by atoms with Crippen LogP contribution in [0.2, 0.25) is 0 Å². The number of ether oxygens (including phenoxy) is 1. The predicted octanol–water partition coefficient (Wildman–Crippen LogP) is 2.44. The molecule has 0 unspecified atom stereocenters. The molecule has 130 valence electrons. The second kappa shape index (κ2) is 6.62. The average molecular weight is 337 g/mol. The van der Waals surface area contributed by atoms with Gasteiger partial charge in [-0.05, 0) is 49.9 Å². The van der Waals surface area contributed by atoms with Gasteiger partial charge in [-0.2, -0.15) is 4.99 Å². The number of guanidine groups is 2. The topological polar surface area (TPSA) is 89.2 Å². The summed E-state index contributed by atoms with van der Waals surface area (Å²) in [6, 6.07) is 6.83. The number of hydrogen-bond acceptors (Lipinski definition) is 6. The molecule has 8 heteroatoms. The van der Waals surface area contributed by atoms with Crippen molar-refractivity contribution in [2.24, 2.45) is 21.5 Å². The first-order valence-corrected chi connectivity index (χ1v) is 8.01. The van der Waals surface area contributed by atoms with Crippen molar-refractivity contribution in [3.63, 3.8) is 0 Å². The first kappa shape index (κ1) is 16.5. The molecule has 1 fully saturated rings. The molecule has 1 heterocycles. The number of alkyl halides is 2. The summed E-state index contributed by atoms with van der Waals surface area (Å²) in [6.07, 6.45) is 2.41. The van der Waals surface area contributed by atoms with E-state index in [1.165, 1.54) is 0 Å². The van der Waals surface area contributed by atoms with Crippen LogP contribution in [0.5, 0.6) is 5.75 Å². The van der Waals surface area contributed by atoms with Crippen LogP contribution in [-0.4, -0.2) is 30.6 Å². The first-order chi connectivity index (χ1) is 11.5. The highest BCUT2D eigenvalue weighted by molar-refractivity contribution is 6.05. The fourth-order valence-electron chi connectivity index (χ4n) is 3.35. The van der Waals surface area contributed by atoms with E-state index in [9.17, 15) is 8.78 Å². The molecule has 1 saturated carbocycles. The maximum absolute atomic E-state index is 12.2. The summed E-state index contributed by atoms with van der Waals surface area (Å²) in [5.41, 5.74) is 12.2. The summed E-state index contributed by atoms with van der Waals surface area (Å²) in [4.78, 5) is 10.6. The molecule has 2 aliphatic rings. The van der Waals surface area contributed by atoms with Crippen LogP contribution in [0.1, 0.15) is 32.1 Å². The second-order valence-corrected chi connectivity index (χ2v) is 6.01. The molecule has 0 radical (unpaired) electrons. The fraction of sp³-hybridized carbons (Fsp3) is 0.500. The Bertz CT molecular complexity index is 638. The molecule has 0 aromatic heterocycles. The number of nitrogens with two attached hydrogens (primary N) is 2. The van der Waals surface area contributed by atoms with Gasteiger partial charge in [-0.1, -0.05) is 6.42 Å². The molecule has 6 nitrogen and oxygen atoms in total. The highest BCUT2D eigenvalue weighted by Crippen LogP contribution is 2.39. The molecule has 1 aromatic carbocycles. The molecular weight excluding hydrogens is 316 g/mol. The minimum atomic E-state index is -2.50. The van der Waals surface area contributed by atoms with Gasteiger partial charge in [-0.15, -0.1) is 0 Å². The summed E-state index contributed by atoms with van der Waals surface area (Å²) in [7, 11) is 0. The molecule has 1 aromatic rings. The van der Waals surface area contributed by atoms with Crippen molar-refractivity contribution >= 4 is 17.6 Å². The Morgan fingerprint density at radius 3 is 2.42 bits per heavy atom. The van der Waals surface area contributed by atoms with E-state index in [1.807, 2.05) is 4.90 Å². The van der Waals surface area contributed by atoms with Gasteiger partial charge in [0, 0.05) is 5.69 Å². The highest BCUT2D eigenvalue weighted by Gasteiger charge is 2.42.